The minimum atomic E-state index is -0.914. The lowest BCUT2D eigenvalue weighted by molar-refractivity contribution is -0.0212. The lowest BCUT2D eigenvalue weighted by atomic mass is 9.82. The van der Waals surface area contributed by atoms with Crippen molar-refractivity contribution in [3.63, 3.8) is 0 Å². The van der Waals surface area contributed by atoms with Crippen molar-refractivity contribution in [1.82, 2.24) is 4.90 Å². The van der Waals surface area contributed by atoms with Gasteiger partial charge in [-0.2, -0.15) is 0 Å². The summed E-state index contributed by atoms with van der Waals surface area (Å²) in [5.74, 6) is -0.0194. The number of anilines is 1. The van der Waals surface area contributed by atoms with Gasteiger partial charge in [-0.1, -0.05) is 36.9 Å². The Balaban J connectivity index is 1.74. The molecule has 2 aromatic carbocycles. The lowest BCUT2D eigenvalue weighted by Gasteiger charge is -2.39. The molecule has 1 fully saturated rings. The maximum absolute atomic E-state index is 12.6. The van der Waals surface area contributed by atoms with Gasteiger partial charge in [0, 0.05) is 24.3 Å². The molecule has 0 aromatic heterocycles. The second kappa shape index (κ2) is 6.49. The number of nitrogens with zero attached hydrogens (tertiary/aromatic N) is 1. The third-order valence-corrected chi connectivity index (χ3v) is 4.72. The first-order valence-corrected chi connectivity index (χ1v) is 8.13. The second-order valence-electron chi connectivity index (χ2n) is 6.24. The van der Waals surface area contributed by atoms with Crippen LogP contribution in [0.25, 0.3) is 6.08 Å². The zero-order chi connectivity index (χ0) is 17.2. The molecule has 4 nitrogen and oxygen atoms in total. The smallest absolute Gasteiger partial charge is 0.253 e. The molecule has 0 aliphatic carbocycles. The number of hydrogen-bond donors (Lipinski definition) is 2. The number of nitrogen functional groups attached to an aromatic ring is 1. The number of likely N-dealkylation sites (tertiary alicyclic amines) is 1. The molecule has 0 saturated carbocycles. The molecule has 1 amide bonds. The van der Waals surface area contributed by atoms with Gasteiger partial charge >= 0.3 is 0 Å². The van der Waals surface area contributed by atoms with Gasteiger partial charge in [0.15, 0.2) is 0 Å². The van der Waals surface area contributed by atoms with Gasteiger partial charge in [-0.05, 0) is 48.2 Å². The predicted octanol–water partition coefficient (Wildman–Crippen LogP) is 3.04. The average Bonchev–Trinajstić information content (AvgIpc) is 2.62. The van der Waals surface area contributed by atoms with Gasteiger partial charge in [0.1, 0.15) is 0 Å². The van der Waals surface area contributed by atoms with Crippen molar-refractivity contribution in [2.24, 2.45) is 0 Å². The number of rotatable bonds is 3. The fourth-order valence-electron chi connectivity index (χ4n) is 3.26. The van der Waals surface area contributed by atoms with Gasteiger partial charge < -0.3 is 15.7 Å². The monoisotopic (exact) mass is 322 g/mol. The Labute approximate surface area is 142 Å². The zero-order valence-corrected chi connectivity index (χ0v) is 13.6. The largest absolute Gasteiger partial charge is 0.399 e. The van der Waals surface area contributed by atoms with Gasteiger partial charge in [0.2, 0.25) is 0 Å². The molecular formula is C20H22N2O2. The summed E-state index contributed by atoms with van der Waals surface area (Å²) in [5, 5.41) is 11.1. The van der Waals surface area contributed by atoms with Crippen molar-refractivity contribution >= 4 is 17.7 Å². The number of aliphatic hydroxyl groups is 1. The van der Waals surface area contributed by atoms with Crippen LogP contribution in [-0.2, 0) is 5.60 Å². The number of hydrogen-bond acceptors (Lipinski definition) is 3. The van der Waals surface area contributed by atoms with E-state index in [1.165, 1.54) is 0 Å². The van der Waals surface area contributed by atoms with Gasteiger partial charge in [0.05, 0.1) is 5.60 Å². The molecule has 0 bridgehead atoms. The van der Waals surface area contributed by atoms with Crippen molar-refractivity contribution in [3.05, 3.63) is 71.8 Å². The fourth-order valence-corrected chi connectivity index (χ4v) is 3.26. The Morgan fingerprint density at radius 2 is 1.75 bits per heavy atom. The van der Waals surface area contributed by atoms with E-state index in [-0.39, 0.29) is 5.91 Å². The van der Waals surface area contributed by atoms with Crippen molar-refractivity contribution in [2.75, 3.05) is 18.8 Å². The molecule has 124 valence electrons. The van der Waals surface area contributed by atoms with Crippen molar-refractivity contribution in [1.29, 1.82) is 0 Å². The van der Waals surface area contributed by atoms with E-state index in [2.05, 4.69) is 6.58 Å². The van der Waals surface area contributed by atoms with Crippen LogP contribution in [0.1, 0.15) is 34.3 Å². The molecule has 1 heterocycles. The summed E-state index contributed by atoms with van der Waals surface area (Å²) in [5.41, 5.74) is 7.85. The topological polar surface area (TPSA) is 66.6 Å². The predicted molar refractivity (Wildman–Crippen MR) is 96.4 cm³/mol. The molecule has 24 heavy (non-hydrogen) atoms. The van der Waals surface area contributed by atoms with E-state index in [1.54, 1.807) is 35.2 Å². The van der Waals surface area contributed by atoms with E-state index in [1.807, 2.05) is 24.3 Å². The Bertz CT molecular complexity index is 744. The molecule has 4 heteroatoms. The summed E-state index contributed by atoms with van der Waals surface area (Å²) in [4.78, 5) is 14.4. The molecule has 2 aromatic rings. The Morgan fingerprint density at radius 3 is 2.38 bits per heavy atom. The van der Waals surface area contributed by atoms with Gasteiger partial charge in [-0.3, -0.25) is 4.79 Å². The van der Waals surface area contributed by atoms with E-state index in [9.17, 15) is 9.90 Å². The summed E-state index contributed by atoms with van der Waals surface area (Å²) in [7, 11) is 0. The highest BCUT2D eigenvalue weighted by Crippen LogP contribution is 2.35. The van der Waals surface area contributed by atoms with Crippen LogP contribution in [0, 0.1) is 0 Å². The highest BCUT2D eigenvalue weighted by Gasteiger charge is 2.36. The van der Waals surface area contributed by atoms with Gasteiger partial charge in [0.25, 0.3) is 5.91 Å². The molecule has 1 aliphatic rings. The molecule has 1 aliphatic heterocycles. The van der Waals surface area contributed by atoms with E-state index in [0.717, 1.165) is 11.1 Å². The summed E-state index contributed by atoms with van der Waals surface area (Å²) >= 11 is 0. The fraction of sp³-hybridized carbons (Fsp3) is 0.250. The van der Waals surface area contributed by atoms with Gasteiger partial charge in [-0.25, -0.2) is 0 Å². The molecule has 0 radical (unpaired) electrons. The highest BCUT2D eigenvalue weighted by atomic mass is 16.3. The van der Waals surface area contributed by atoms with Crippen molar-refractivity contribution < 1.29 is 9.90 Å². The van der Waals surface area contributed by atoms with Crippen LogP contribution in [0.15, 0.2) is 55.1 Å². The van der Waals surface area contributed by atoms with Crippen LogP contribution in [0.2, 0.25) is 0 Å². The number of nitrogens with two attached hydrogens (primary N) is 1. The number of amides is 1. The van der Waals surface area contributed by atoms with Crippen LogP contribution < -0.4 is 5.73 Å². The van der Waals surface area contributed by atoms with Crippen molar-refractivity contribution in [3.8, 4) is 0 Å². The molecule has 0 atom stereocenters. The normalized spacial score (nSPS) is 16.6. The molecule has 3 N–H and O–H groups in total. The maximum Gasteiger partial charge on any atom is 0.253 e. The van der Waals surface area contributed by atoms with E-state index >= 15 is 0 Å². The summed E-state index contributed by atoms with van der Waals surface area (Å²) < 4.78 is 0. The third kappa shape index (κ3) is 3.05. The first-order valence-electron chi connectivity index (χ1n) is 8.13. The third-order valence-electron chi connectivity index (χ3n) is 4.72. The maximum atomic E-state index is 12.6. The molecule has 0 spiro atoms. The average molecular weight is 322 g/mol. The van der Waals surface area contributed by atoms with Crippen LogP contribution in [0.3, 0.4) is 0 Å². The Morgan fingerprint density at radius 1 is 1.12 bits per heavy atom. The first kappa shape index (κ1) is 16.3. The zero-order valence-electron chi connectivity index (χ0n) is 13.6. The summed E-state index contributed by atoms with van der Waals surface area (Å²) in [6.07, 6.45) is 2.79. The van der Waals surface area contributed by atoms with Crippen LogP contribution in [-0.4, -0.2) is 29.0 Å². The SMILES string of the molecule is C=Cc1ccccc1C1(O)CCN(C(=O)c2ccc(N)cc2)CC1. The van der Waals surface area contributed by atoms with Crippen LogP contribution in [0.4, 0.5) is 5.69 Å². The Kier molecular flexibility index (Phi) is 4.40. The number of piperidine rings is 1. The van der Waals surface area contributed by atoms with Gasteiger partial charge in [-0.15, -0.1) is 0 Å². The molecule has 1 saturated heterocycles. The van der Waals surface area contributed by atoms with E-state index in [0.29, 0.717) is 37.2 Å². The number of carbonyl (C=O) groups is 1. The lowest BCUT2D eigenvalue weighted by Crippen LogP contribution is -2.45. The summed E-state index contributed by atoms with van der Waals surface area (Å²) in [6, 6.07) is 14.7. The van der Waals surface area contributed by atoms with E-state index in [4.69, 9.17) is 5.73 Å². The van der Waals surface area contributed by atoms with Crippen molar-refractivity contribution in [2.45, 2.75) is 18.4 Å². The molecule has 3 rings (SSSR count). The number of carbonyl (C=O) groups excluding carboxylic acids is 1. The number of benzene rings is 2. The van der Waals surface area contributed by atoms with Crippen LogP contribution in [0.5, 0.6) is 0 Å². The van der Waals surface area contributed by atoms with Crippen LogP contribution >= 0.6 is 0 Å². The highest BCUT2D eigenvalue weighted by molar-refractivity contribution is 5.94. The standard InChI is InChI=1S/C20H22N2O2/c1-2-15-5-3-4-6-18(15)20(24)11-13-22(14-12-20)19(23)16-7-9-17(21)10-8-16/h2-10,24H,1,11-14,21H2. The van der Waals surface area contributed by atoms with E-state index < -0.39 is 5.60 Å². The minimum Gasteiger partial charge on any atom is -0.399 e. The molecular weight excluding hydrogens is 300 g/mol. The second-order valence-corrected chi connectivity index (χ2v) is 6.24. The first-order chi connectivity index (χ1) is 11.5. The minimum absolute atomic E-state index is 0.0194. The summed E-state index contributed by atoms with van der Waals surface area (Å²) in [6.45, 7) is 4.86. The molecule has 0 unspecified atom stereocenters. The Hall–Kier alpha value is -2.59. The quantitative estimate of drug-likeness (QED) is 0.854.